The van der Waals surface area contributed by atoms with Crippen LogP contribution in [0.15, 0.2) is 0 Å². The molecule has 0 aliphatic carbocycles. The first-order valence-corrected chi connectivity index (χ1v) is 3.21. The minimum absolute atomic E-state index is 1.25. The van der Waals surface area contributed by atoms with Gasteiger partial charge in [-0.2, -0.15) is 0 Å². The van der Waals surface area contributed by atoms with Crippen LogP contribution in [0.25, 0.3) is 0 Å². The Morgan fingerprint density at radius 3 is 1.86 bits per heavy atom. The van der Waals surface area contributed by atoms with Gasteiger partial charge in [0.2, 0.25) is 0 Å². The van der Waals surface area contributed by atoms with Gasteiger partial charge in [-0.15, -0.1) is 0 Å². The highest BCUT2D eigenvalue weighted by Gasteiger charge is 1.94. The molecule has 1 nitrogen and oxygen atoms in total. The quantitative estimate of drug-likeness (QED) is 0.456. The van der Waals surface area contributed by atoms with Gasteiger partial charge in [0.1, 0.15) is 0 Å². The molecule has 0 atom stereocenters. The first-order chi connectivity index (χ1) is 3.50. The third kappa shape index (κ3) is 1.93. The van der Waals surface area contributed by atoms with Crippen molar-refractivity contribution in [2.45, 2.75) is 25.7 Å². The fourth-order valence-corrected chi connectivity index (χ4v) is 0.979. The van der Waals surface area contributed by atoms with E-state index in [1.54, 1.807) is 0 Å². The summed E-state index contributed by atoms with van der Waals surface area (Å²) in [4.78, 5) is 0. The molecular weight excluding hydrogens is 92.0 g/mol. The van der Waals surface area contributed by atoms with E-state index < -0.39 is 0 Å². The van der Waals surface area contributed by atoms with Crippen LogP contribution in [0.2, 0.25) is 0 Å². The molecule has 1 rings (SSSR count). The average molecular weight is 105 g/mol. The molecule has 42 valence electrons. The van der Waals surface area contributed by atoms with Gasteiger partial charge >= 0.3 is 0 Å². The molecule has 1 aliphatic rings. The number of nitrogens with one attached hydrogen (secondary N) is 1. The molecule has 0 unspecified atom stereocenters. The summed E-state index contributed by atoms with van der Waals surface area (Å²) in [6.07, 6.45) is 5.65. The fourth-order valence-electron chi connectivity index (χ4n) is 0.979. The standard InChI is InChI=1S/C6H13N/c1-2-4-6-7-5-3-1/h7H,1-6H2/i1+1,2+1,3+1,4+1,5+1,6+1. The maximum Gasteiger partial charge on any atom is -0.00489 e. The molecular formula is C6H13N. The van der Waals surface area contributed by atoms with Crippen molar-refractivity contribution in [2.75, 3.05) is 13.1 Å². The maximum absolute atomic E-state index is 3.35. The van der Waals surface area contributed by atoms with Crippen LogP contribution in [0.3, 0.4) is 0 Å². The van der Waals surface area contributed by atoms with E-state index in [0.717, 1.165) is 0 Å². The monoisotopic (exact) mass is 105 g/mol. The molecule has 0 aromatic rings. The molecule has 0 amide bonds. The van der Waals surface area contributed by atoms with Gasteiger partial charge in [0.15, 0.2) is 0 Å². The molecule has 1 heteroatoms. The Morgan fingerprint density at radius 1 is 0.714 bits per heavy atom. The van der Waals surface area contributed by atoms with Gasteiger partial charge in [0.25, 0.3) is 0 Å². The zero-order valence-electron chi connectivity index (χ0n) is 4.74. The summed E-state index contributed by atoms with van der Waals surface area (Å²) in [6, 6.07) is 0. The second-order valence-corrected chi connectivity index (χ2v) is 2.16. The lowest BCUT2D eigenvalue weighted by molar-refractivity contribution is 0.702. The van der Waals surface area contributed by atoms with Crippen LogP contribution in [-0.2, 0) is 0 Å². The minimum atomic E-state index is 1.25. The first-order valence-electron chi connectivity index (χ1n) is 3.21. The summed E-state index contributed by atoms with van der Waals surface area (Å²) in [5.41, 5.74) is 0. The SMILES string of the molecule is [13CH2]1[13CH2][13CH2][13CH2]N[13CH2][13CH2]1. The van der Waals surface area contributed by atoms with Crippen molar-refractivity contribution < 1.29 is 0 Å². The molecule has 0 spiro atoms. The highest BCUT2D eigenvalue weighted by Crippen LogP contribution is 2.00. The molecule has 0 aromatic heterocycles. The maximum atomic E-state index is 3.35. The van der Waals surface area contributed by atoms with E-state index in [1.165, 1.54) is 38.8 Å². The molecule has 1 aliphatic heterocycles. The molecule has 1 saturated heterocycles. The van der Waals surface area contributed by atoms with Crippen LogP contribution in [0.4, 0.5) is 0 Å². The van der Waals surface area contributed by atoms with Crippen molar-refractivity contribution in [1.29, 1.82) is 0 Å². The summed E-state index contributed by atoms with van der Waals surface area (Å²) in [5, 5.41) is 3.35. The van der Waals surface area contributed by atoms with E-state index in [4.69, 9.17) is 0 Å². The van der Waals surface area contributed by atoms with E-state index in [1.807, 2.05) is 0 Å². The van der Waals surface area contributed by atoms with Crippen molar-refractivity contribution >= 4 is 0 Å². The Hall–Kier alpha value is -0.0400. The van der Waals surface area contributed by atoms with E-state index in [0.29, 0.717) is 0 Å². The normalized spacial score (nSPS) is 24.0. The van der Waals surface area contributed by atoms with Crippen molar-refractivity contribution in [3.8, 4) is 0 Å². The third-order valence-corrected chi connectivity index (χ3v) is 1.46. The van der Waals surface area contributed by atoms with Crippen molar-refractivity contribution in [3.05, 3.63) is 0 Å². The lowest BCUT2D eigenvalue weighted by atomic mass is 11.2. The second-order valence-electron chi connectivity index (χ2n) is 2.16. The van der Waals surface area contributed by atoms with Crippen molar-refractivity contribution in [3.63, 3.8) is 0 Å². The van der Waals surface area contributed by atoms with Gasteiger partial charge in [0, 0.05) is 0 Å². The molecule has 0 bridgehead atoms. The Labute approximate surface area is 45.1 Å². The Balaban J connectivity index is 2.04. The summed E-state index contributed by atoms with van der Waals surface area (Å²) in [7, 11) is 0. The summed E-state index contributed by atoms with van der Waals surface area (Å²) in [6.45, 7) is 2.50. The van der Waals surface area contributed by atoms with Crippen LogP contribution in [0.5, 0.6) is 0 Å². The van der Waals surface area contributed by atoms with E-state index in [-0.39, 0.29) is 0 Å². The number of rotatable bonds is 0. The first kappa shape index (κ1) is 5.10. The van der Waals surface area contributed by atoms with Gasteiger partial charge in [0.05, 0.1) is 0 Å². The van der Waals surface area contributed by atoms with Crippen molar-refractivity contribution in [2.24, 2.45) is 0 Å². The Bertz CT molecular complexity index is 23.8. The minimum Gasteiger partial charge on any atom is -0.317 e. The highest BCUT2D eigenvalue weighted by atomic mass is 15.3. The van der Waals surface area contributed by atoms with Crippen LogP contribution >= 0.6 is 0 Å². The lowest BCUT2D eigenvalue weighted by Crippen LogP contribution is -2.12. The summed E-state index contributed by atoms with van der Waals surface area (Å²) < 4.78 is 0. The van der Waals surface area contributed by atoms with Gasteiger partial charge in [-0.3, -0.25) is 0 Å². The van der Waals surface area contributed by atoms with Crippen LogP contribution in [0, 0.1) is 0 Å². The molecule has 1 heterocycles. The van der Waals surface area contributed by atoms with Gasteiger partial charge in [-0.25, -0.2) is 0 Å². The molecule has 7 heavy (non-hydrogen) atoms. The fraction of sp³-hybridized carbons (Fsp3) is 1.00. The van der Waals surface area contributed by atoms with E-state index >= 15 is 0 Å². The molecule has 0 saturated carbocycles. The molecule has 1 fully saturated rings. The lowest BCUT2D eigenvalue weighted by Gasteiger charge is -1.91. The van der Waals surface area contributed by atoms with Crippen LogP contribution < -0.4 is 5.32 Å². The summed E-state index contributed by atoms with van der Waals surface area (Å²) in [5.74, 6) is 0. The van der Waals surface area contributed by atoms with Crippen LogP contribution in [-0.4, -0.2) is 13.1 Å². The van der Waals surface area contributed by atoms with E-state index in [2.05, 4.69) is 5.32 Å². The Kier molecular flexibility index (Phi) is 2.21. The van der Waals surface area contributed by atoms with Crippen molar-refractivity contribution in [1.82, 2.24) is 5.32 Å². The molecule has 1 N–H and O–H groups in total. The smallest absolute Gasteiger partial charge is 0.00489 e. The molecule has 0 radical (unpaired) electrons. The zero-order valence-corrected chi connectivity index (χ0v) is 4.74. The highest BCUT2D eigenvalue weighted by molar-refractivity contribution is 4.54. The average Bonchev–Trinajstić information content (AvgIpc) is 1.90. The molecule has 0 aromatic carbocycles. The van der Waals surface area contributed by atoms with Gasteiger partial charge in [-0.1, -0.05) is 12.8 Å². The van der Waals surface area contributed by atoms with Gasteiger partial charge in [-0.05, 0) is 25.9 Å². The third-order valence-electron chi connectivity index (χ3n) is 1.46. The van der Waals surface area contributed by atoms with Gasteiger partial charge < -0.3 is 5.32 Å². The number of hydrogen-bond donors (Lipinski definition) is 1. The topological polar surface area (TPSA) is 12.0 Å². The second kappa shape index (κ2) is 3.03. The Morgan fingerprint density at radius 2 is 1.29 bits per heavy atom. The summed E-state index contributed by atoms with van der Waals surface area (Å²) >= 11 is 0. The predicted octanol–water partition coefficient (Wildman–Crippen LogP) is 1.15. The zero-order chi connectivity index (χ0) is 4.95. The van der Waals surface area contributed by atoms with E-state index in [9.17, 15) is 0 Å². The largest absolute Gasteiger partial charge is 0.317 e. The van der Waals surface area contributed by atoms with Crippen LogP contribution in [0.1, 0.15) is 25.7 Å². The predicted molar refractivity (Wildman–Crippen MR) is 31.3 cm³/mol. The number of hydrogen-bond acceptors (Lipinski definition) is 1.